The van der Waals surface area contributed by atoms with Crippen LogP contribution in [0.3, 0.4) is 0 Å². The molecule has 7 heteroatoms. The standard InChI is InChI=1S/C20H19F2N3O2/c1-11-8-12(20(22)5-6-20)9-13(21)17(11)14-10-16(26)25-7-4-15(19(2,3)27)24-18(25)23-14/h4,7-10,27H,5-6H2,1-3H3. The molecule has 0 bridgehead atoms. The summed E-state index contributed by atoms with van der Waals surface area (Å²) in [7, 11) is 0. The van der Waals surface area contributed by atoms with E-state index in [0.29, 0.717) is 29.7 Å². The van der Waals surface area contributed by atoms with Crippen molar-refractivity contribution in [2.45, 2.75) is 44.9 Å². The average Bonchev–Trinajstić information content (AvgIpc) is 3.32. The minimum absolute atomic E-state index is 0.0594. The molecule has 0 amide bonds. The van der Waals surface area contributed by atoms with E-state index in [9.17, 15) is 18.7 Å². The van der Waals surface area contributed by atoms with Crippen molar-refractivity contribution in [2.24, 2.45) is 0 Å². The summed E-state index contributed by atoms with van der Waals surface area (Å²) in [5, 5.41) is 10.1. The Kier molecular flexibility index (Phi) is 3.72. The zero-order valence-corrected chi connectivity index (χ0v) is 15.3. The maximum absolute atomic E-state index is 14.8. The van der Waals surface area contributed by atoms with Gasteiger partial charge in [0.15, 0.2) is 0 Å². The molecule has 5 nitrogen and oxygen atoms in total. The second kappa shape index (κ2) is 5.66. The lowest BCUT2D eigenvalue weighted by molar-refractivity contribution is 0.0739. The molecular formula is C20H19F2N3O2. The van der Waals surface area contributed by atoms with Crippen molar-refractivity contribution in [3.05, 3.63) is 63.5 Å². The van der Waals surface area contributed by atoms with Gasteiger partial charge in [-0.3, -0.25) is 9.20 Å². The highest BCUT2D eigenvalue weighted by Crippen LogP contribution is 2.50. The van der Waals surface area contributed by atoms with Crippen molar-refractivity contribution in [3.63, 3.8) is 0 Å². The number of aromatic nitrogens is 3. The first-order valence-corrected chi connectivity index (χ1v) is 8.72. The molecule has 1 fully saturated rings. The van der Waals surface area contributed by atoms with E-state index in [2.05, 4.69) is 9.97 Å². The van der Waals surface area contributed by atoms with Gasteiger partial charge in [-0.25, -0.2) is 18.7 Å². The molecule has 0 unspecified atom stereocenters. The van der Waals surface area contributed by atoms with Gasteiger partial charge < -0.3 is 5.11 Å². The molecule has 4 rings (SSSR count). The topological polar surface area (TPSA) is 67.5 Å². The Morgan fingerprint density at radius 1 is 1.22 bits per heavy atom. The van der Waals surface area contributed by atoms with Crippen molar-refractivity contribution < 1.29 is 13.9 Å². The van der Waals surface area contributed by atoms with E-state index < -0.39 is 22.6 Å². The number of benzene rings is 1. The maximum Gasteiger partial charge on any atom is 0.259 e. The average molecular weight is 371 g/mol. The quantitative estimate of drug-likeness (QED) is 0.766. The number of aryl methyl sites for hydroxylation is 1. The molecular weight excluding hydrogens is 352 g/mol. The lowest BCUT2D eigenvalue weighted by Crippen LogP contribution is -2.21. The second-order valence-electron chi connectivity index (χ2n) is 7.64. The van der Waals surface area contributed by atoms with Gasteiger partial charge >= 0.3 is 0 Å². The maximum atomic E-state index is 14.8. The van der Waals surface area contributed by atoms with Crippen LogP contribution in [0.5, 0.6) is 0 Å². The van der Waals surface area contributed by atoms with Gasteiger partial charge in [-0.15, -0.1) is 0 Å². The Labute approximate surface area is 154 Å². The minimum atomic E-state index is -1.44. The third-order valence-electron chi connectivity index (χ3n) is 4.91. The van der Waals surface area contributed by atoms with Gasteiger partial charge in [0.25, 0.3) is 5.56 Å². The van der Waals surface area contributed by atoms with Crippen LogP contribution in [0.2, 0.25) is 0 Å². The van der Waals surface area contributed by atoms with Crippen LogP contribution in [-0.2, 0) is 11.3 Å². The number of nitrogens with zero attached hydrogens (tertiary/aromatic N) is 3. The number of alkyl halides is 1. The van der Waals surface area contributed by atoms with Crippen molar-refractivity contribution in [1.82, 2.24) is 14.4 Å². The summed E-state index contributed by atoms with van der Waals surface area (Å²) in [6.07, 6.45) is 2.26. The fraction of sp³-hybridized carbons (Fsp3) is 0.350. The molecule has 1 saturated carbocycles. The molecule has 2 aromatic heterocycles. The zero-order valence-electron chi connectivity index (χ0n) is 15.3. The van der Waals surface area contributed by atoms with Gasteiger partial charge in [-0.2, -0.15) is 0 Å². The van der Waals surface area contributed by atoms with E-state index in [0.717, 1.165) is 0 Å². The summed E-state index contributed by atoms with van der Waals surface area (Å²) in [5.74, 6) is -0.562. The zero-order chi connectivity index (χ0) is 19.6. The van der Waals surface area contributed by atoms with Crippen LogP contribution in [-0.4, -0.2) is 19.5 Å². The van der Waals surface area contributed by atoms with Gasteiger partial charge in [0, 0.05) is 17.8 Å². The first kappa shape index (κ1) is 17.7. The third kappa shape index (κ3) is 3.02. The summed E-state index contributed by atoms with van der Waals surface area (Å²) < 4.78 is 30.3. The van der Waals surface area contributed by atoms with E-state index in [-0.39, 0.29) is 17.0 Å². The SMILES string of the molecule is Cc1cc(C2(F)CC2)cc(F)c1-c1cc(=O)n2ccc(C(C)(C)O)nc2n1. The predicted octanol–water partition coefficient (Wildman–Crippen LogP) is 3.39. The molecule has 0 aliphatic heterocycles. The molecule has 2 heterocycles. The molecule has 1 aromatic carbocycles. The Bertz CT molecular complexity index is 1110. The lowest BCUT2D eigenvalue weighted by Gasteiger charge is -2.17. The van der Waals surface area contributed by atoms with E-state index in [1.165, 1.54) is 28.8 Å². The first-order valence-electron chi connectivity index (χ1n) is 8.72. The Morgan fingerprint density at radius 3 is 2.52 bits per heavy atom. The van der Waals surface area contributed by atoms with Crippen LogP contribution >= 0.6 is 0 Å². The molecule has 27 heavy (non-hydrogen) atoms. The molecule has 1 N–H and O–H groups in total. The molecule has 140 valence electrons. The Balaban J connectivity index is 1.90. The number of rotatable bonds is 3. The van der Waals surface area contributed by atoms with Crippen LogP contribution < -0.4 is 5.56 Å². The molecule has 1 aliphatic carbocycles. The molecule has 1 aliphatic rings. The van der Waals surface area contributed by atoms with Gasteiger partial charge in [0.2, 0.25) is 5.78 Å². The molecule has 0 radical (unpaired) electrons. The summed E-state index contributed by atoms with van der Waals surface area (Å²) in [4.78, 5) is 21.0. The molecule has 0 atom stereocenters. The molecule has 3 aromatic rings. The fourth-order valence-corrected chi connectivity index (χ4v) is 3.18. The van der Waals surface area contributed by atoms with Crippen LogP contribution in [0.15, 0.2) is 35.3 Å². The number of hydrogen-bond acceptors (Lipinski definition) is 4. The molecule has 0 saturated heterocycles. The number of halogens is 2. The summed E-state index contributed by atoms with van der Waals surface area (Å²) in [6.45, 7) is 4.81. The highest BCUT2D eigenvalue weighted by atomic mass is 19.1. The van der Waals surface area contributed by atoms with Gasteiger partial charge in [-0.1, -0.05) is 6.07 Å². The van der Waals surface area contributed by atoms with Crippen LogP contribution in [0.4, 0.5) is 8.78 Å². The van der Waals surface area contributed by atoms with Crippen LogP contribution in [0.25, 0.3) is 17.0 Å². The highest BCUT2D eigenvalue weighted by molar-refractivity contribution is 5.66. The number of hydrogen-bond donors (Lipinski definition) is 1. The smallest absolute Gasteiger partial charge is 0.259 e. The predicted molar refractivity (Wildman–Crippen MR) is 96.7 cm³/mol. The largest absolute Gasteiger partial charge is 0.384 e. The van der Waals surface area contributed by atoms with E-state index in [1.807, 2.05) is 0 Å². The summed E-state index contributed by atoms with van der Waals surface area (Å²) >= 11 is 0. The van der Waals surface area contributed by atoms with Crippen molar-refractivity contribution in [2.75, 3.05) is 0 Å². The Morgan fingerprint density at radius 2 is 1.93 bits per heavy atom. The van der Waals surface area contributed by atoms with Crippen molar-refractivity contribution in [3.8, 4) is 11.3 Å². The highest BCUT2D eigenvalue weighted by Gasteiger charge is 2.45. The van der Waals surface area contributed by atoms with E-state index in [1.54, 1.807) is 26.8 Å². The van der Waals surface area contributed by atoms with Crippen LogP contribution in [0, 0.1) is 12.7 Å². The van der Waals surface area contributed by atoms with Gasteiger partial charge in [0.1, 0.15) is 17.1 Å². The normalized spacial score (nSPS) is 15.9. The first-order chi connectivity index (χ1) is 12.6. The number of fused-ring (bicyclic) bond motifs is 1. The van der Waals surface area contributed by atoms with Gasteiger partial charge in [-0.05, 0) is 56.9 Å². The molecule has 0 spiro atoms. The van der Waals surface area contributed by atoms with Crippen molar-refractivity contribution in [1.29, 1.82) is 0 Å². The van der Waals surface area contributed by atoms with Gasteiger partial charge in [0.05, 0.1) is 11.4 Å². The summed E-state index contributed by atoms with van der Waals surface area (Å²) in [5.41, 5.74) is -1.63. The lowest BCUT2D eigenvalue weighted by atomic mass is 9.98. The third-order valence-corrected chi connectivity index (χ3v) is 4.91. The minimum Gasteiger partial charge on any atom is -0.384 e. The number of aliphatic hydroxyl groups is 1. The Hall–Kier alpha value is -2.67. The van der Waals surface area contributed by atoms with Crippen molar-refractivity contribution >= 4 is 5.78 Å². The van der Waals surface area contributed by atoms with E-state index in [4.69, 9.17) is 0 Å². The van der Waals surface area contributed by atoms with Crippen LogP contribution in [0.1, 0.15) is 43.5 Å². The summed E-state index contributed by atoms with van der Waals surface area (Å²) in [6, 6.07) is 5.55. The second-order valence-corrected chi connectivity index (χ2v) is 7.64. The monoisotopic (exact) mass is 371 g/mol. The van der Waals surface area contributed by atoms with E-state index >= 15 is 0 Å². The fourth-order valence-electron chi connectivity index (χ4n) is 3.18.